The zero-order chi connectivity index (χ0) is 15.3. The van der Waals surface area contributed by atoms with Crippen LogP contribution in [0, 0.1) is 0 Å². The zero-order valence-corrected chi connectivity index (χ0v) is 13.5. The van der Waals surface area contributed by atoms with Crippen molar-refractivity contribution in [2.24, 2.45) is 0 Å². The molecule has 21 heavy (non-hydrogen) atoms. The molecule has 0 aliphatic carbocycles. The van der Waals surface area contributed by atoms with E-state index in [9.17, 15) is 0 Å². The molecule has 3 saturated heterocycles. The number of hydrogen-bond donors (Lipinski definition) is 0. The fourth-order valence-corrected chi connectivity index (χ4v) is 3.17. The van der Waals surface area contributed by atoms with Gasteiger partial charge < -0.3 is 28.4 Å². The minimum absolute atomic E-state index is 0.198. The van der Waals surface area contributed by atoms with Gasteiger partial charge in [0.05, 0.1) is 6.61 Å². The Morgan fingerprint density at radius 1 is 0.857 bits per heavy atom. The topological polar surface area (TPSA) is 55.4 Å². The second-order valence-electron chi connectivity index (χ2n) is 6.78. The molecule has 0 aromatic rings. The van der Waals surface area contributed by atoms with Gasteiger partial charge in [0, 0.05) is 6.61 Å². The van der Waals surface area contributed by atoms with Crippen molar-refractivity contribution in [1.29, 1.82) is 0 Å². The first kappa shape index (κ1) is 15.6. The van der Waals surface area contributed by atoms with Crippen LogP contribution < -0.4 is 0 Å². The molecule has 0 aromatic heterocycles. The van der Waals surface area contributed by atoms with E-state index in [-0.39, 0.29) is 24.4 Å². The summed E-state index contributed by atoms with van der Waals surface area (Å²) in [4.78, 5) is 0. The first-order valence-electron chi connectivity index (χ1n) is 7.76. The minimum Gasteiger partial charge on any atom is -0.379 e. The second-order valence-corrected chi connectivity index (χ2v) is 6.78. The van der Waals surface area contributed by atoms with Gasteiger partial charge in [0.15, 0.2) is 17.9 Å². The average molecular weight is 302 g/mol. The van der Waals surface area contributed by atoms with E-state index in [4.69, 9.17) is 28.4 Å². The van der Waals surface area contributed by atoms with Crippen LogP contribution in [0.4, 0.5) is 0 Å². The highest BCUT2D eigenvalue weighted by atomic mass is 16.9. The molecule has 3 aliphatic heterocycles. The van der Waals surface area contributed by atoms with Crippen LogP contribution in [-0.2, 0) is 28.4 Å². The van der Waals surface area contributed by atoms with Gasteiger partial charge in [-0.3, -0.25) is 0 Å². The van der Waals surface area contributed by atoms with Crippen LogP contribution in [0.5, 0.6) is 0 Å². The molecule has 3 heterocycles. The van der Waals surface area contributed by atoms with Crippen molar-refractivity contribution < 1.29 is 28.4 Å². The van der Waals surface area contributed by atoms with E-state index in [1.165, 1.54) is 0 Å². The maximum Gasteiger partial charge on any atom is 0.190 e. The zero-order valence-electron chi connectivity index (χ0n) is 13.5. The first-order valence-corrected chi connectivity index (χ1v) is 7.76. The Morgan fingerprint density at radius 2 is 1.48 bits per heavy atom. The Labute approximate surface area is 126 Å². The first-order chi connectivity index (χ1) is 9.81. The summed E-state index contributed by atoms with van der Waals surface area (Å²) in [6, 6.07) is 0. The number of rotatable bonds is 4. The SMILES string of the molecule is CCCOC[C@H]1O[C@H]2OC(C)(C)O[C@@H]2[C@H]2OC(C)(C)O[C@@H]21. The van der Waals surface area contributed by atoms with E-state index in [0.717, 1.165) is 6.42 Å². The van der Waals surface area contributed by atoms with Crippen molar-refractivity contribution in [1.82, 2.24) is 0 Å². The average Bonchev–Trinajstić information content (AvgIpc) is 2.84. The summed E-state index contributed by atoms with van der Waals surface area (Å²) in [5.41, 5.74) is 0. The summed E-state index contributed by atoms with van der Waals surface area (Å²) in [5, 5.41) is 0. The van der Waals surface area contributed by atoms with Gasteiger partial charge in [-0.2, -0.15) is 0 Å². The van der Waals surface area contributed by atoms with Crippen molar-refractivity contribution in [3.63, 3.8) is 0 Å². The van der Waals surface area contributed by atoms with E-state index in [2.05, 4.69) is 6.92 Å². The summed E-state index contributed by atoms with van der Waals surface area (Å²) in [5.74, 6) is -1.32. The normalized spacial score (nSPS) is 43.6. The molecule has 0 radical (unpaired) electrons. The summed E-state index contributed by atoms with van der Waals surface area (Å²) in [6.45, 7) is 10.8. The Bertz CT molecular complexity index is 382. The summed E-state index contributed by atoms with van der Waals surface area (Å²) < 4.78 is 35.5. The lowest BCUT2D eigenvalue weighted by Crippen LogP contribution is -2.56. The molecule has 0 amide bonds. The molecule has 0 unspecified atom stereocenters. The van der Waals surface area contributed by atoms with Gasteiger partial charge in [0.1, 0.15) is 24.4 Å². The van der Waals surface area contributed by atoms with Crippen molar-refractivity contribution in [3.05, 3.63) is 0 Å². The van der Waals surface area contributed by atoms with Crippen molar-refractivity contribution >= 4 is 0 Å². The maximum absolute atomic E-state index is 6.03. The lowest BCUT2D eigenvalue weighted by atomic mass is 9.99. The highest BCUT2D eigenvalue weighted by Crippen LogP contribution is 2.44. The van der Waals surface area contributed by atoms with Gasteiger partial charge in [-0.1, -0.05) is 6.92 Å². The van der Waals surface area contributed by atoms with E-state index in [0.29, 0.717) is 13.2 Å². The van der Waals surface area contributed by atoms with Crippen molar-refractivity contribution in [3.8, 4) is 0 Å². The maximum atomic E-state index is 6.03. The molecule has 3 fully saturated rings. The predicted molar refractivity (Wildman–Crippen MR) is 73.6 cm³/mol. The molecular weight excluding hydrogens is 276 g/mol. The molecule has 0 bridgehead atoms. The van der Waals surface area contributed by atoms with E-state index in [1.807, 2.05) is 27.7 Å². The number of hydrogen-bond acceptors (Lipinski definition) is 6. The largest absolute Gasteiger partial charge is 0.379 e. The third-order valence-corrected chi connectivity index (χ3v) is 3.88. The van der Waals surface area contributed by atoms with E-state index in [1.54, 1.807) is 0 Å². The summed E-state index contributed by atoms with van der Waals surface area (Å²) in [7, 11) is 0. The van der Waals surface area contributed by atoms with Crippen LogP contribution in [0.3, 0.4) is 0 Å². The molecule has 122 valence electrons. The Morgan fingerprint density at radius 3 is 2.19 bits per heavy atom. The molecule has 3 aliphatic rings. The Kier molecular flexibility index (Phi) is 4.05. The Balaban J connectivity index is 1.75. The van der Waals surface area contributed by atoms with E-state index < -0.39 is 17.9 Å². The summed E-state index contributed by atoms with van der Waals surface area (Å²) >= 11 is 0. The summed E-state index contributed by atoms with van der Waals surface area (Å²) in [6.07, 6.45) is -0.334. The second kappa shape index (κ2) is 5.44. The highest BCUT2D eigenvalue weighted by molar-refractivity contribution is 4.99. The monoisotopic (exact) mass is 302 g/mol. The van der Waals surface area contributed by atoms with Gasteiger partial charge in [0.2, 0.25) is 0 Å². The molecule has 0 aromatic carbocycles. The molecule has 3 rings (SSSR count). The van der Waals surface area contributed by atoms with Crippen LogP contribution in [0.25, 0.3) is 0 Å². The molecule has 0 N–H and O–H groups in total. The Hall–Kier alpha value is -0.240. The van der Waals surface area contributed by atoms with Gasteiger partial charge in [0.25, 0.3) is 0 Å². The third-order valence-electron chi connectivity index (χ3n) is 3.88. The van der Waals surface area contributed by atoms with Crippen LogP contribution in [0.2, 0.25) is 0 Å². The van der Waals surface area contributed by atoms with Crippen LogP contribution in [0.15, 0.2) is 0 Å². The molecular formula is C15H26O6. The third kappa shape index (κ3) is 3.11. The number of fused-ring (bicyclic) bond motifs is 3. The van der Waals surface area contributed by atoms with E-state index >= 15 is 0 Å². The molecule has 5 atom stereocenters. The van der Waals surface area contributed by atoms with Gasteiger partial charge >= 0.3 is 0 Å². The van der Waals surface area contributed by atoms with Gasteiger partial charge in [-0.25, -0.2) is 0 Å². The smallest absolute Gasteiger partial charge is 0.190 e. The van der Waals surface area contributed by atoms with Crippen molar-refractivity contribution in [2.75, 3.05) is 13.2 Å². The van der Waals surface area contributed by atoms with Crippen molar-refractivity contribution in [2.45, 2.75) is 83.3 Å². The molecule has 6 heteroatoms. The quantitative estimate of drug-likeness (QED) is 0.738. The molecule has 6 nitrogen and oxygen atoms in total. The predicted octanol–water partition coefficient (Wildman–Crippen LogP) is 1.81. The standard InChI is InChI=1S/C15H26O6/c1-6-7-16-8-9-10-11(19-14(2,3)18-10)12-13(17-9)21-15(4,5)20-12/h9-13H,6-8H2,1-5H3/t9-,10-,11+,12-,13+/m1/s1. The van der Waals surface area contributed by atoms with Gasteiger partial charge in [-0.05, 0) is 34.1 Å². The van der Waals surface area contributed by atoms with Crippen LogP contribution in [0.1, 0.15) is 41.0 Å². The van der Waals surface area contributed by atoms with Gasteiger partial charge in [-0.15, -0.1) is 0 Å². The lowest BCUT2D eigenvalue weighted by molar-refractivity contribution is -0.243. The minimum atomic E-state index is -0.671. The molecule has 0 saturated carbocycles. The van der Waals surface area contributed by atoms with Crippen LogP contribution in [-0.4, -0.2) is 55.5 Å². The highest BCUT2D eigenvalue weighted by Gasteiger charge is 2.60. The fourth-order valence-electron chi connectivity index (χ4n) is 3.17. The fraction of sp³-hybridized carbons (Fsp3) is 1.00. The van der Waals surface area contributed by atoms with Crippen LogP contribution >= 0.6 is 0 Å². The number of ether oxygens (including phenoxy) is 6. The molecule has 0 spiro atoms. The lowest BCUT2D eigenvalue weighted by Gasteiger charge is -2.37.